The summed E-state index contributed by atoms with van der Waals surface area (Å²) in [5.41, 5.74) is 8.34. The zero-order chi connectivity index (χ0) is 13.2. The molecule has 100 valence electrons. The van der Waals surface area contributed by atoms with Crippen LogP contribution >= 0.6 is 11.3 Å². The molecule has 4 nitrogen and oxygen atoms in total. The number of para-hydroxylation sites is 1. The summed E-state index contributed by atoms with van der Waals surface area (Å²) in [5.74, 6) is 0. The number of hydrogen-bond acceptors (Lipinski definition) is 5. The number of anilines is 2. The zero-order valence-electron chi connectivity index (χ0n) is 10.9. The minimum Gasteiger partial charge on any atom is -0.379 e. The monoisotopic (exact) mass is 275 g/mol. The van der Waals surface area contributed by atoms with Gasteiger partial charge in [-0.1, -0.05) is 18.2 Å². The molecule has 0 amide bonds. The smallest absolute Gasteiger partial charge is 0.180 e. The predicted molar refractivity (Wildman–Crippen MR) is 78.5 cm³/mol. The fourth-order valence-corrected chi connectivity index (χ4v) is 3.24. The van der Waals surface area contributed by atoms with Crippen molar-refractivity contribution in [1.82, 2.24) is 4.98 Å². The molecule has 2 N–H and O–H groups in total. The Balaban J connectivity index is 1.87. The largest absolute Gasteiger partial charge is 0.379 e. The number of fused-ring (bicyclic) bond motifs is 1. The van der Waals surface area contributed by atoms with Crippen LogP contribution in [0.15, 0.2) is 30.5 Å². The summed E-state index contributed by atoms with van der Waals surface area (Å²) in [4.78, 5) is 7.65. The quantitative estimate of drug-likeness (QED) is 0.934. The molecule has 0 radical (unpaired) electrons. The second-order valence-corrected chi connectivity index (χ2v) is 5.88. The van der Waals surface area contributed by atoms with Crippen molar-refractivity contribution in [2.45, 2.75) is 19.1 Å². The van der Waals surface area contributed by atoms with E-state index < -0.39 is 0 Å². The molecule has 0 saturated heterocycles. The zero-order valence-corrected chi connectivity index (χ0v) is 11.7. The predicted octanol–water partition coefficient (Wildman–Crippen LogP) is 2.30. The highest BCUT2D eigenvalue weighted by Gasteiger charge is 2.24. The van der Waals surface area contributed by atoms with Crippen molar-refractivity contribution in [2.24, 2.45) is 0 Å². The van der Waals surface area contributed by atoms with Crippen LogP contribution in [-0.4, -0.2) is 24.7 Å². The molecule has 2 heterocycles. The molecular formula is C14H17N3OS. The van der Waals surface area contributed by atoms with E-state index in [0.29, 0.717) is 5.13 Å². The highest BCUT2D eigenvalue weighted by atomic mass is 32.1. The van der Waals surface area contributed by atoms with Gasteiger partial charge in [0.2, 0.25) is 0 Å². The number of nitrogens with zero attached hydrogens (tertiary/aromatic N) is 2. The fourth-order valence-electron chi connectivity index (χ4n) is 2.54. The van der Waals surface area contributed by atoms with Gasteiger partial charge in [-0.2, -0.15) is 0 Å². The lowest BCUT2D eigenvalue weighted by Crippen LogP contribution is -2.38. The number of nitrogen functional groups attached to an aromatic ring is 1. The van der Waals surface area contributed by atoms with E-state index in [1.807, 2.05) is 6.20 Å². The van der Waals surface area contributed by atoms with Gasteiger partial charge in [0.25, 0.3) is 0 Å². The standard InChI is InChI=1S/C14H17N3OS/c1-18-11-6-10-4-2-3-5-13(10)17(8-11)9-12-7-16-14(15)19-12/h2-5,7,11H,6,8-9H2,1H3,(H2,15,16). The Labute approximate surface area is 116 Å². The van der Waals surface area contributed by atoms with E-state index in [1.54, 1.807) is 18.4 Å². The molecule has 2 aromatic rings. The number of aromatic nitrogens is 1. The van der Waals surface area contributed by atoms with Gasteiger partial charge in [0, 0.05) is 36.8 Å². The third kappa shape index (κ3) is 2.57. The van der Waals surface area contributed by atoms with Crippen LogP contribution in [0.25, 0.3) is 0 Å². The van der Waals surface area contributed by atoms with E-state index in [0.717, 1.165) is 19.5 Å². The summed E-state index contributed by atoms with van der Waals surface area (Å²) in [7, 11) is 1.78. The molecule has 19 heavy (non-hydrogen) atoms. The molecule has 0 spiro atoms. The molecule has 1 atom stereocenters. The molecule has 0 fully saturated rings. The first-order chi connectivity index (χ1) is 9.26. The molecular weight excluding hydrogens is 258 g/mol. The lowest BCUT2D eigenvalue weighted by molar-refractivity contribution is 0.104. The summed E-state index contributed by atoms with van der Waals surface area (Å²) in [6.45, 7) is 1.75. The summed E-state index contributed by atoms with van der Waals surface area (Å²) in [5, 5.41) is 0.628. The van der Waals surface area contributed by atoms with Crippen LogP contribution in [-0.2, 0) is 17.7 Å². The first kappa shape index (κ1) is 12.4. The molecule has 1 aromatic carbocycles. The van der Waals surface area contributed by atoms with E-state index in [1.165, 1.54) is 16.1 Å². The highest BCUT2D eigenvalue weighted by Crippen LogP contribution is 2.30. The van der Waals surface area contributed by atoms with Gasteiger partial charge >= 0.3 is 0 Å². The number of benzene rings is 1. The second-order valence-electron chi connectivity index (χ2n) is 4.74. The fraction of sp³-hybridized carbons (Fsp3) is 0.357. The van der Waals surface area contributed by atoms with E-state index in [-0.39, 0.29) is 6.10 Å². The van der Waals surface area contributed by atoms with E-state index >= 15 is 0 Å². The van der Waals surface area contributed by atoms with Crippen molar-refractivity contribution >= 4 is 22.2 Å². The molecule has 0 saturated carbocycles. The third-order valence-electron chi connectivity index (χ3n) is 3.46. The number of rotatable bonds is 3. The lowest BCUT2D eigenvalue weighted by atomic mass is 9.99. The topological polar surface area (TPSA) is 51.4 Å². The van der Waals surface area contributed by atoms with Gasteiger partial charge in [-0.05, 0) is 11.6 Å². The number of thiazole rings is 1. The summed E-state index contributed by atoms with van der Waals surface area (Å²) < 4.78 is 5.54. The molecule has 3 rings (SSSR count). The molecule has 1 aliphatic heterocycles. The number of hydrogen-bond donors (Lipinski definition) is 1. The molecule has 1 aromatic heterocycles. The molecule has 0 aliphatic carbocycles. The molecule has 5 heteroatoms. The average molecular weight is 275 g/mol. The Hall–Kier alpha value is -1.59. The maximum Gasteiger partial charge on any atom is 0.180 e. The Bertz CT molecular complexity index is 569. The van der Waals surface area contributed by atoms with Gasteiger partial charge < -0.3 is 15.4 Å². The maximum absolute atomic E-state index is 5.70. The van der Waals surface area contributed by atoms with Crippen molar-refractivity contribution in [1.29, 1.82) is 0 Å². The van der Waals surface area contributed by atoms with Gasteiger partial charge in [0.05, 0.1) is 12.6 Å². The van der Waals surface area contributed by atoms with Crippen molar-refractivity contribution in [3.63, 3.8) is 0 Å². The van der Waals surface area contributed by atoms with Gasteiger partial charge in [-0.15, -0.1) is 11.3 Å². The van der Waals surface area contributed by atoms with Gasteiger partial charge in [-0.3, -0.25) is 0 Å². The maximum atomic E-state index is 5.70. The third-order valence-corrected chi connectivity index (χ3v) is 4.27. The molecule has 1 aliphatic rings. The minimum atomic E-state index is 0.250. The van der Waals surface area contributed by atoms with Gasteiger partial charge in [0.1, 0.15) is 0 Å². The molecule has 0 bridgehead atoms. The van der Waals surface area contributed by atoms with Crippen LogP contribution in [0.4, 0.5) is 10.8 Å². The van der Waals surface area contributed by atoms with Crippen LogP contribution in [0.5, 0.6) is 0 Å². The Kier molecular flexibility index (Phi) is 3.40. The van der Waals surface area contributed by atoms with E-state index in [9.17, 15) is 0 Å². The van der Waals surface area contributed by atoms with Crippen molar-refractivity contribution in [3.05, 3.63) is 40.9 Å². The van der Waals surface area contributed by atoms with E-state index in [4.69, 9.17) is 10.5 Å². The van der Waals surface area contributed by atoms with Crippen LogP contribution in [0.1, 0.15) is 10.4 Å². The van der Waals surface area contributed by atoms with Gasteiger partial charge in [-0.25, -0.2) is 4.98 Å². The Morgan fingerprint density at radius 1 is 1.47 bits per heavy atom. The normalized spacial score (nSPS) is 18.4. The van der Waals surface area contributed by atoms with E-state index in [2.05, 4.69) is 34.1 Å². The van der Waals surface area contributed by atoms with Crippen LogP contribution in [0.3, 0.4) is 0 Å². The van der Waals surface area contributed by atoms with Crippen LogP contribution in [0, 0.1) is 0 Å². The summed E-state index contributed by atoms with van der Waals surface area (Å²) in [6, 6.07) is 8.51. The first-order valence-electron chi connectivity index (χ1n) is 6.32. The number of methoxy groups -OCH3 is 1. The second kappa shape index (κ2) is 5.19. The Morgan fingerprint density at radius 3 is 3.05 bits per heavy atom. The SMILES string of the molecule is COC1Cc2ccccc2N(Cc2cnc(N)s2)C1. The number of ether oxygens (including phenoxy) is 1. The van der Waals surface area contributed by atoms with Gasteiger partial charge in [0.15, 0.2) is 5.13 Å². The summed E-state index contributed by atoms with van der Waals surface area (Å²) in [6.07, 6.45) is 3.09. The van der Waals surface area contributed by atoms with Crippen molar-refractivity contribution < 1.29 is 4.74 Å². The molecule has 1 unspecified atom stereocenters. The first-order valence-corrected chi connectivity index (χ1v) is 7.13. The highest BCUT2D eigenvalue weighted by molar-refractivity contribution is 7.15. The average Bonchev–Trinajstić information content (AvgIpc) is 2.84. The Morgan fingerprint density at radius 2 is 2.32 bits per heavy atom. The minimum absolute atomic E-state index is 0.250. The van der Waals surface area contributed by atoms with Crippen LogP contribution in [0.2, 0.25) is 0 Å². The lowest BCUT2D eigenvalue weighted by Gasteiger charge is -2.35. The summed E-state index contributed by atoms with van der Waals surface area (Å²) >= 11 is 1.55. The van der Waals surface area contributed by atoms with Crippen molar-refractivity contribution in [2.75, 3.05) is 24.3 Å². The number of nitrogens with two attached hydrogens (primary N) is 1. The van der Waals surface area contributed by atoms with Crippen LogP contribution < -0.4 is 10.6 Å². The van der Waals surface area contributed by atoms with Crippen molar-refractivity contribution in [3.8, 4) is 0 Å².